The summed E-state index contributed by atoms with van der Waals surface area (Å²) in [5, 5.41) is 6.78. The van der Waals surface area contributed by atoms with E-state index in [1.807, 2.05) is 4.90 Å². The van der Waals surface area contributed by atoms with Crippen LogP contribution in [0.3, 0.4) is 0 Å². The van der Waals surface area contributed by atoms with Crippen molar-refractivity contribution < 1.29 is 4.79 Å². The molecule has 4 nitrogen and oxygen atoms in total. The number of hydrogen-bond acceptors (Lipinski definition) is 3. The van der Waals surface area contributed by atoms with Crippen LogP contribution in [-0.4, -0.2) is 49.6 Å². The second-order valence-electron chi connectivity index (χ2n) is 5.22. The Kier molecular flexibility index (Phi) is 5.26. The van der Waals surface area contributed by atoms with Crippen LogP contribution in [0.25, 0.3) is 0 Å². The van der Waals surface area contributed by atoms with E-state index in [1.54, 1.807) is 0 Å². The van der Waals surface area contributed by atoms with Crippen molar-refractivity contribution in [2.24, 2.45) is 0 Å². The second-order valence-corrected chi connectivity index (χ2v) is 5.22. The molecule has 0 radical (unpaired) electrons. The minimum atomic E-state index is 0.278. The molecule has 98 valence electrons. The van der Waals surface area contributed by atoms with Crippen molar-refractivity contribution in [2.75, 3.05) is 32.7 Å². The van der Waals surface area contributed by atoms with Crippen molar-refractivity contribution in [1.82, 2.24) is 15.5 Å². The first-order valence-corrected chi connectivity index (χ1v) is 7.08. The summed E-state index contributed by atoms with van der Waals surface area (Å²) in [6.45, 7) is 4.49. The fraction of sp³-hybridized carbons (Fsp3) is 0.923. The standard InChI is InChI=1S/C13H25N3O/c17-13(16-8-4-1-5-9-16)11-14-10-12-6-2-3-7-15-12/h12,14-15H,1-11H2. The third kappa shape index (κ3) is 4.28. The van der Waals surface area contributed by atoms with Crippen molar-refractivity contribution >= 4 is 5.91 Å². The fourth-order valence-electron chi connectivity index (χ4n) is 2.71. The molecular formula is C13H25N3O. The molecule has 0 aromatic carbocycles. The lowest BCUT2D eigenvalue weighted by molar-refractivity contribution is -0.131. The Morgan fingerprint density at radius 2 is 2.00 bits per heavy atom. The first kappa shape index (κ1) is 12.8. The quantitative estimate of drug-likeness (QED) is 0.760. The van der Waals surface area contributed by atoms with E-state index >= 15 is 0 Å². The summed E-state index contributed by atoms with van der Waals surface area (Å²) in [6.07, 6.45) is 7.49. The Bertz CT molecular complexity index is 233. The zero-order chi connectivity index (χ0) is 11.9. The summed E-state index contributed by atoms with van der Waals surface area (Å²) in [4.78, 5) is 13.9. The lowest BCUT2D eigenvalue weighted by Crippen LogP contribution is -2.46. The molecule has 2 rings (SSSR count). The van der Waals surface area contributed by atoms with E-state index in [0.29, 0.717) is 12.6 Å². The van der Waals surface area contributed by atoms with E-state index in [2.05, 4.69) is 10.6 Å². The zero-order valence-corrected chi connectivity index (χ0v) is 10.7. The van der Waals surface area contributed by atoms with Gasteiger partial charge < -0.3 is 15.5 Å². The van der Waals surface area contributed by atoms with Gasteiger partial charge >= 0.3 is 0 Å². The number of nitrogens with one attached hydrogen (secondary N) is 2. The predicted octanol–water partition coefficient (Wildman–Crippen LogP) is 0.731. The molecule has 1 atom stereocenters. The maximum absolute atomic E-state index is 11.9. The van der Waals surface area contributed by atoms with Crippen LogP contribution in [0.4, 0.5) is 0 Å². The molecule has 2 saturated heterocycles. The smallest absolute Gasteiger partial charge is 0.236 e. The average molecular weight is 239 g/mol. The number of carbonyl (C=O) groups excluding carboxylic acids is 1. The van der Waals surface area contributed by atoms with Gasteiger partial charge in [-0.3, -0.25) is 4.79 Å². The molecule has 2 fully saturated rings. The molecule has 2 heterocycles. The number of hydrogen-bond donors (Lipinski definition) is 2. The Hall–Kier alpha value is -0.610. The Balaban J connectivity index is 1.58. The van der Waals surface area contributed by atoms with Gasteiger partial charge in [-0.15, -0.1) is 0 Å². The van der Waals surface area contributed by atoms with Crippen LogP contribution in [0.5, 0.6) is 0 Å². The zero-order valence-electron chi connectivity index (χ0n) is 10.7. The average Bonchev–Trinajstić information content (AvgIpc) is 2.41. The molecule has 2 N–H and O–H groups in total. The largest absolute Gasteiger partial charge is 0.342 e. The molecular weight excluding hydrogens is 214 g/mol. The number of piperidine rings is 2. The van der Waals surface area contributed by atoms with E-state index in [9.17, 15) is 4.79 Å². The van der Waals surface area contributed by atoms with Gasteiger partial charge in [0.1, 0.15) is 0 Å². The highest BCUT2D eigenvalue weighted by molar-refractivity contribution is 5.78. The van der Waals surface area contributed by atoms with Gasteiger partial charge in [-0.05, 0) is 38.6 Å². The maximum Gasteiger partial charge on any atom is 0.236 e. The van der Waals surface area contributed by atoms with Crippen LogP contribution in [0, 0.1) is 0 Å². The van der Waals surface area contributed by atoms with E-state index in [1.165, 1.54) is 38.5 Å². The molecule has 0 saturated carbocycles. The topological polar surface area (TPSA) is 44.4 Å². The van der Waals surface area contributed by atoms with Crippen molar-refractivity contribution in [3.05, 3.63) is 0 Å². The van der Waals surface area contributed by atoms with Gasteiger partial charge in [0.2, 0.25) is 5.91 Å². The number of nitrogens with zero attached hydrogens (tertiary/aromatic N) is 1. The molecule has 0 aliphatic carbocycles. The fourth-order valence-corrected chi connectivity index (χ4v) is 2.71. The molecule has 0 aromatic rings. The van der Waals surface area contributed by atoms with Crippen LogP contribution in [0.2, 0.25) is 0 Å². The summed E-state index contributed by atoms with van der Waals surface area (Å²) in [5.41, 5.74) is 0. The first-order valence-electron chi connectivity index (χ1n) is 7.08. The SMILES string of the molecule is O=C(CNCC1CCCCN1)N1CCCCC1. The molecule has 0 spiro atoms. The Morgan fingerprint density at radius 3 is 2.71 bits per heavy atom. The Morgan fingerprint density at radius 1 is 1.18 bits per heavy atom. The van der Waals surface area contributed by atoms with Crippen LogP contribution < -0.4 is 10.6 Å². The highest BCUT2D eigenvalue weighted by Crippen LogP contribution is 2.08. The number of amides is 1. The van der Waals surface area contributed by atoms with Crippen molar-refractivity contribution in [3.63, 3.8) is 0 Å². The summed E-state index contributed by atoms with van der Waals surface area (Å²) in [6, 6.07) is 0.568. The number of rotatable bonds is 4. The molecule has 4 heteroatoms. The molecule has 2 aliphatic rings. The van der Waals surface area contributed by atoms with Gasteiger partial charge in [-0.2, -0.15) is 0 Å². The van der Waals surface area contributed by atoms with E-state index in [4.69, 9.17) is 0 Å². The molecule has 1 unspecified atom stereocenters. The van der Waals surface area contributed by atoms with Gasteiger partial charge in [0, 0.05) is 25.7 Å². The maximum atomic E-state index is 11.9. The lowest BCUT2D eigenvalue weighted by atomic mass is 10.1. The van der Waals surface area contributed by atoms with Gasteiger partial charge in [0.05, 0.1) is 6.54 Å². The van der Waals surface area contributed by atoms with Crippen LogP contribution in [0.15, 0.2) is 0 Å². The molecule has 0 aromatic heterocycles. The minimum Gasteiger partial charge on any atom is -0.342 e. The molecule has 0 bridgehead atoms. The Labute approximate surface area is 104 Å². The molecule has 2 aliphatic heterocycles. The normalized spacial score (nSPS) is 25.9. The lowest BCUT2D eigenvalue weighted by Gasteiger charge is -2.28. The van der Waals surface area contributed by atoms with E-state index in [-0.39, 0.29) is 5.91 Å². The number of likely N-dealkylation sites (tertiary alicyclic amines) is 1. The van der Waals surface area contributed by atoms with Crippen molar-refractivity contribution in [2.45, 2.75) is 44.6 Å². The van der Waals surface area contributed by atoms with Crippen molar-refractivity contribution in [1.29, 1.82) is 0 Å². The van der Waals surface area contributed by atoms with Gasteiger partial charge in [0.15, 0.2) is 0 Å². The third-order valence-electron chi connectivity index (χ3n) is 3.79. The number of carbonyl (C=O) groups is 1. The first-order chi connectivity index (χ1) is 8.36. The highest BCUT2D eigenvalue weighted by Gasteiger charge is 2.17. The van der Waals surface area contributed by atoms with E-state index < -0.39 is 0 Å². The van der Waals surface area contributed by atoms with Gasteiger partial charge in [-0.25, -0.2) is 0 Å². The summed E-state index contributed by atoms with van der Waals surface area (Å²) >= 11 is 0. The minimum absolute atomic E-state index is 0.278. The summed E-state index contributed by atoms with van der Waals surface area (Å²) in [7, 11) is 0. The van der Waals surface area contributed by atoms with Gasteiger partial charge in [0.25, 0.3) is 0 Å². The summed E-state index contributed by atoms with van der Waals surface area (Å²) in [5.74, 6) is 0.278. The van der Waals surface area contributed by atoms with Crippen LogP contribution >= 0.6 is 0 Å². The van der Waals surface area contributed by atoms with E-state index in [0.717, 1.165) is 26.2 Å². The van der Waals surface area contributed by atoms with Crippen molar-refractivity contribution in [3.8, 4) is 0 Å². The van der Waals surface area contributed by atoms with Crippen LogP contribution in [-0.2, 0) is 4.79 Å². The van der Waals surface area contributed by atoms with Crippen LogP contribution in [0.1, 0.15) is 38.5 Å². The summed E-state index contributed by atoms with van der Waals surface area (Å²) < 4.78 is 0. The molecule has 1 amide bonds. The predicted molar refractivity (Wildman–Crippen MR) is 68.9 cm³/mol. The third-order valence-corrected chi connectivity index (χ3v) is 3.79. The molecule has 17 heavy (non-hydrogen) atoms. The monoisotopic (exact) mass is 239 g/mol. The van der Waals surface area contributed by atoms with Gasteiger partial charge in [-0.1, -0.05) is 6.42 Å². The highest BCUT2D eigenvalue weighted by atomic mass is 16.2. The second kappa shape index (κ2) is 6.97.